The molecule has 4 nitrogen and oxygen atoms in total. The molecule has 1 N–H and O–H groups in total. The molecule has 0 rings (SSSR count). The Balaban J connectivity index is 3.72. The fourth-order valence-electron chi connectivity index (χ4n) is 0.942. The Labute approximate surface area is 85.0 Å². The smallest absolute Gasteiger partial charge is 0.303 e. The molecule has 14 heavy (non-hydrogen) atoms. The molecular formula is C10H19NO3. The monoisotopic (exact) mass is 201 g/mol. The molecule has 0 aliphatic heterocycles. The third-order valence-corrected chi connectivity index (χ3v) is 1.34. The van der Waals surface area contributed by atoms with Crippen LogP contribution < -0.4 is 0 Å². The molecule has 0 bridgehead atoms. The van der Waals surface area contributed by atoms with Crippen LogP contribution in [0.1, 0.15) is 40.5 Å². The van der Waals surface area contributed by atoms with Gasteiger partial charge in [0, 0.05) is 19.9 Å². The van der Waals surface area contributed by atoms with Gasteiger partial charge in [0.2, 0.25) is 0 Å². The number of ether oxygens (including phenoxy) is 1. The zero-order valence-electron chi connectivity index (χ0n) is 9.33. The topological polar surface area (TPSA) is 58.9 Å². The summed E-state index contributed by atoms with van der Waals surface area (Å²) < 4.78 is 5.45. The highest BCUT2D eigenvalue weighted by molar-refractivity contribution is 5.73. The normalized spacial score (nSPS) is 12.7. The van der Waals surface area contributed by atoms with Crippen LogP contribution in [-0.2, 0) is 9.53 Å². The van der Waals surface area contributed by atoms with Crippen LogP contribution in [0.3, 0.4) is 0 Å². The third kappa shape index (κ3) is 9.03. The molecule has 0 radical (unpaired) electrons. The summed E-state index contributed by atoms with van der Waals surface area (Å²) >= 11 is 0. The van der Waals surface area contributed by atoms with Crippen molar-refractivity contribution in [2.75, 3.05) is 6.54 Å². The Morgan fingerprint density at radius 1 is 1.43 bits per heavy atom. The highest BCUT2D eigenvalue weighted by atomic mass is 16.5. The van der Waals surface area contributed by atoms with Crippen molar-refractivity contribution in [1.29, 1.82) is 0 Å². The van der Waals surface area contributed by atoms with Gasteiger partial charge in [-0.2, -0.15) is 0 Å². The van der Waals surface area contributed by atoms with Crippen LogP contribution >= 0.6 is 0 Å². The van der Waals surface area contributed by atoms with Crippen molar-refractivity contribution in [3.63, 3.8) is 0 Å². The van der Waals surface area contributed by atoms with E-state index in [-0.39, 0.29) is 12.0 Å². The van der Waals surface area contributed by atoms with Gasteiger partial charge in [-0.1, -0.05) is 0 Å². The first-order valence-electron chi connectivity index (χ1n) is 4.73. The van der Waals surface area contributed by atoms with Crippen LogP contribution in [-0.4, -0.2) is 29.1 Å². The lowest BCUT2D eigenvalue weighted by Crippen LogP contribution is -2.22. The van der Waals surface area contributed by atoms with E-state index in [1.165, 1.54) is 0 Å². The summed E-state index contributed by atoms with van der Waals surface area (Å²) in [6.07, 6.45) is 0.715. The number of hydrogen-bond donors (Lipinski definition) is 1. The summed E-state index contributed by atoms with van der Waals surface area (Å²) in [6.45, 7) is 8.13. The number of nitrogens with zero attached hydrogens (tertiary/aromatic N) is 1. The van der Waals surface area contributed by atoms with E-state index < -0.39 is 5.97 Å². The van der Waals surface area contributed by atoms with E-state index in [4.69, 9.17) is 9.84 Å². The van der Waals surface area contributed by atoms with Gasteiger partial charge in [-0.15, -0.1) is 0 Å². The van der Waals surface area contributed by atoms with Crippen LogP contribution in [0.2, 0.25) is 0 Å². The number of hydrogen-bond acceptors (Lipinski definition) is 3. The van der Waals surface area contributed by atoms with E-state index in [2.05, 4.69) is 4.99 Å². The maximum atomic E-state index is 10.2. The Morgan fingerprint density at radius 3 is 2.43 bits per heavy atom. The Bertz CT molecular complexity index is 216. The minimum Gasteiger partial charge on any atom is -0.481 e. The zero-order chi connectivity index (χ0) is 11.2. The number of carbonyl (C=O) groups is 1. The fraction of sp³-hybridized carbons (Fsp3) is 0.800. The summed E-state index contributed by atoms with van der Waals surface area (Å²) in [4.78, 5) is 14.3. The summed E-state index contributed by atoms with van der Waals surface area (Å²) in [5.41, 5.74) is -0.236. The van der Waals surface area contributed by atoms with Crippen molar-refractivity contribution in [2.45, 2.75) is 46.1 Å². The van der Waals surface area contributed by atoms with Gasteiger partial charge in [0.15, 0.2) is 5.90 Å². The largest absolute Gasteiger partial charge is 0.481 e. The fourth-order valence-corrected chi connectivity index (χ4v) is 0.942. The highest BCUT2D eigenvalue weighted by Gasteiger charge is 2.11. The van der Waals surface area contributed by atoms with Crippen molar-refractivity contribution in [3.8, 4) is 0 Å². The highest BCUT2D eigenvalue weighted by Crippen LogP contribution is 2.07. The van der Waals surface area contributed by atoms with Crippen LogP contribution in [0.15, 0.2) is 4.99 Å². The molecule has 0 aromatic rings. The van der Waals surface area contributed by atoms with Gasteiger partial charge in [0.25, 0.3) is 0 Å². The molecule has 0 heterocycles. The van der Waals surface area contributed by atoms with E-state index >= 15 is 0 Å². The van der Waals surface area contributed by atoms with Crippen molar-refractivity contribution >= 4 is 11.9 Å². The molecule has 0 aromatic carbocycles. The Kier molecular flexibility index (Phi) is 5.20. The average Bonchev–Trinajstić information content (AvgIpc) is 1.94. The molecule has 0 atom stereocenters. The van der Waals surface area contributed by atoms with Crippen molar-refractivity contribution < 1.29 is 14.6 Å². The molecule has 0 saturated heterocycles. The van der Waals surface area contributed by atoms with Gasteiger partial charge in [-0.3, -0.25) is 9.79 Å². The van der Waals surface area contributed by atoms with Gasteiger partial charge in [-0.05, 0) is 27.2 Å². The Hall–Kier alpha value is -1.06. The molecule has 0 spiro atoms. The molecule has 4 heteroatoms. The van der Waals surface area contributed by atoms with Crippen LogP contribution in [0, 0.1) is 0 Å². The first-order valence-corrected chi connectivity index (χ1v) is 4.73. The maximum absolute atomic E-state index is 10.2. The summed E-state index contributed by atoms with van der Waals surface area (Å²) in [7, 11) is 0. The predicted molar refractivity (Wildman–Crippen MR) is 55.7 cm³/mol. The molecule has 0 aliphatic carbocycles. The number of carboxylic acid groups (broad SMARTS) is 1. The van der Waals surface area contributed by atoms with Gasteiger partial charge in [0.05, 0.1) is 0 Å². The van der Waals surface area contributed by atoms with Gasteiger partial charge in [-0.25, -0.2) is 0 Å². The van der Waals surface area contributed by atoms with Crippen molar-refractivity contribution in [3.05, 3.63) is 0 Å². The number of carboxylic acids is 1. The lowest BCUT2D eigenvalue weighted by Gasteiger charge is -2.20. The second-order valence-electron chi connectivity index (χ2n) is 4.11. The quantitative estimate of drug-likeness (QED) is 0.430. The Morgan fingerprint density at radius 2 is 2.00 bits per heavy atom. The molecule has 0 aliphatic rings. The van der Waals surface area contributed by atoms with Crippen LogP contribution in [0.5, 0.6) is 0 Å². The average molecular weight is 201 g/mol. The van der Waals surface area contributed by atoms with E-state index in [1.54, 1.807) is 6.92 Å². The van der Waals surface area contributed by atoms with Crippen LogP contribution in [0.4, 0.5) is 0 Å². The predicted octanol–water partition coefficient (Wildman–Crippen LogP) is 2.08. The third-order valence-electron chi connectivity index (χ3n) is 1.34. The molecule has 82 valence electrons. The second kappa shape index (κ2) is 5.62. The van der Waals surface area contributed by atoms with Crippen molar-refractivity contribution in [2.24, 2.45) is 4.99 Å². The molecule has 0 aromatic heterocycles. The SMILES string of the molecule is CC(=NCCCC(=O)O)OC(C)(C)C. The summed E-state index contributed by atoms with van der Waals surface area (Å²) in [5.74, 6) is -0.169. The minimum atomic E-state index is -0.783. The first-order chi connectivity index (χ1) is 6.31. The van der Waals surface area contributed by atoms with E-state index in [1.807, 2.05) is 20.8 Å². The summed E-state index contributed by atoms with van der Waals surface area (Å²) in [5, 5.41) is 8.39. The second-order valence-corrected chi connectivity index (χ2v) is 4.11. The van der Waals surface area contributed by atoms with E-state index in [0.717, 1.165) is 0 Å². The van der Waals surface area contributed by atoms with E-state index in [9.17, 15) is 4.79 Å². The lowest BCUT2D eigenvalue weighted by molar-refractivity contribution is -0.137. The molecule has 0 fully saturated rings. The molecule has 0 unspecified atom stereocenters. The number of rotatable bonds is 4. The standard InChI is InChI=1S/C10H19NO3/c1-8(14-10(2,3)4)11-7-5-6-9(12)13/h5-7H2,1-4H3,(H,12,13). The van der Waals surface area contributed by atoms with Crippen molar-refractivity contribution in [1.82, 2.24) is 0 Å². The number of aliphatic carboxylic acids is 1. The zero-order valence-corrected chi connectivity index (χ0v) is 9.33. The van der Waals surface area contributed by atoms with Gasteiger partial charge >= 0.3 is 5.97 Å². The van der Waals surface area contributed by atoms with Gasteiger partial charge in [0.1, 0.15) is 5.60 Å². The molecule has 0 saturated carbocycles. The number of aliphatic imine (C=N–C) groups is 1. The van der Waals surface area contributed by atoms with Gasteiger partial charge < -0.3 is 9.84 Å². The maximum Gasteiger partial charge on any atom is 0.303 e. The minimum absolute atomic E-state index is 0.159. The lowest BCUT2D eigenvalue weighted by atomic mass is 10.2. The van der Waals surface area contributed by atoms with E-state index in [0.29, 0.717) is 18.9 Å². The first kappa shape index (κ1) is 12.9. The summed E-state index contributed by atoms with van der Waals surface area (Å²) in [6, 6.07) is 0. The molecule has 0 amide bonds. The van der Waals surface area contributed by atoms with Crippen LogP contribution in [0.25, 0.3) is 0 Å². The molecular weight excluding hydrogens is 182 g/mol.